The Morgan fingerprint density at radius 1 is 1.50 bits per heavy atom. The number of hydrogen-bond donors (Lipinski definition) is 1. The van der Waals surface area contributed by atoms with Crippen LogP contribution >= 0.6 is 10.0 Å². The van der Waals surface area contributed by atoms with E-state index in [2.05, 4.69) is 31.8 Å². The van der Waals surface area contributed by atoms with Gasteiger partial charge >= 0.3 is 0 Å². The third kappa shape index (κ3) is 4.05. The Labute approximate surface area is 89.9 Å². The van der Waals surface area contributed by atoms with Crippen molar-refractivity contribution in [3.63, 3.8) is 0 Å². The maximum Gasteiger partial charge on any atom is 0.0647 e. The van der Waals surface area contributed by atoms with Crippen LogP contribution in [0.15, 0.2) is 11.6 Å². The quantitative estimate of drug-likeness (QED) is 0.719. The second-order valence-electron chi connectivity index (χ2n) is 5.42. The molecule has 0 aromatic carbocycles. The average molecular weight is 216 g/mol. The molecule has 2 unspecified atom stereocenters. The Morgan fingerprint density at radius 3 is 2.64 bits per heavy atom. The molecule has 0 saturated carbocycles. The van der Waals surface area contributed by atoms with Crippen LogP contribution < -0.4 is 0 Å². The molecular formula is C12H24OS. The number of aliphatic hydroxyl groups is 1. The molecule has 0 aromatic rings. The Balaban J connectivity index is 2.45. The summed E-state index contributed by atoms with van der Waals surface area (Å²) in [5.41, 5.74) is 1.46. The van der Waals surface area contributed by atoms with Crippen molar-refractivity contribution in [1.82, 2.24) is 0 Å². The van der Waals surface area contributed by atoms with Crippen molar-refractivity contribution in [2.45, 2.75) is 32.3 Å². The third-order valence-corrected chi connectivity index (χ3v) is 4.17. The highest BCUT2D eigenvalue weighted by atomic mass is 32.3. The smallest absolute Gasteiger partial charge is 0.0647 e. The van der Waals surface area contributed by atoms with Gasteiger partial charge in [-0.3, -0.25) is 0 Å². The van der Waals surface area contributed by atoms with Crippen LogP contribution in [-0.2, 0) is 0 Å². The van der Waals surface area contributed by atoms with Gasteiger partial charge in [-0.2, -0.15) is 0 Å². The van der Waals surface area contributed by atoms with Crippen molar-refractivity contribution in [2.24, 2.45) is 5.92 Å². The standard InChI is InChI=1S/C12H24OS/c1-10-6-5-7-11(8-10)12(13)9-14(2,3)4/h6,11-13H,5,7-9H2,1-4H3. The Morgan fingerprint density at radius 2 is 2.14 bits per heavy atom. The van der Waals surface area contributed by atoms with Crippen molar-refractivity contribution < 1.29 is 5.11 Å². The Kier molecular flexibility index (Phi) is 4.08. The van der Waals surface area contributed by atoms with Gasteiger partial charge in [-0.1, -0.05) is 11.6 Å². The Hall–Kier alpha value is 0.0500. The topological polar surface area (TPSA) is 20.2 Å². The van der Waals surface area contributed by atoms with Gasteiger partial charge in [0.15, 0.2) is 0 Å². The monoisotopic (exact) mass is 216 g/mol. The fraction of sp³-hybridized carbons (Fsp3) is 0.833. The van der Waals surface area contributed by atoms with Gasteiger partial charge in [-0.25, -0.2) is 10.0 Å². The molecule has 1 aliphatic carbocycles. The maximum atomic E-state index is 10.1. The van der Waals surface area contributed by atoms with E-state index in [1.54, 1.807) is 0 Å². The minimum Gasteiger partial charge on any atom is -0.392 e. The Bertz CT molecular complexity index is 215. The van der Waals surface area contributed by atoms with E-state index in [0.717, 1.165) is 18.6 Å². The average Bonchev–Trinajstić information content (AvgIpc) is 2.01. The first-order valence-electron chi connectivity index (χ1n) is 5.38. The summed E-state index contributed by atoms with van der Waals surface area (Å²) in [5, 5.41) is 10.1. The van der Waals surface area contributed by atoms with Gasteiger partial charge in [0.25, 0.3) is 0 Å². The van der Waals surface area contributed by atoms with Gasteiger partial charge in [0, 0.05) is 5.75 Å². The van der Waals surface area contributed by atoms with Crippen molar-refractivity contribution in [2.75, 3.05) is 24.5 Å². The molecule has 0 radical (unpaired) electrons. The third-order valence-electron chi connectivity index (χ3n) is 2.83. The van der Waals surface area contributed by atoms with Gasteiger partial charge in [-0.05, 0) is 50.9 Å². The van der Waals surface area contributed by atoms with Crippen LogP contribution in [-0.4, -0.2) is 35.7 Å². The molecule has 2 heteroatoms. The highest BCUT2D eigenvalue weighted by Gasteiger charge is 2.24. The summed E-state index contributed by atoms with van der Waals surface area (Å²) < 4.78 is 0. The minimum atomic E-state index is -0.560. The lowest BCUT2D eigenvalue weighted by Crippen LogP contribution is -2.28. The van der Waals surface area contributed by atoms with Crippen LogP contribution in [0.4, 0.5) is 0 Å². The fourth-order valence-electron chi connectivity index (χ4n) is 2.12. The molecular weight excluding hydrogens is 192 g/mol. The number of allylic oxidation sites excluding steroid dienone is 2. The summed E-state index contributed by atoms with van der Waals surface area (Å²) in [6.45, 7) is 2.18. The van der Waals surface area contributed by atoms with Crippen LogP contribution in [0.5, 0.6) is 0 Å². The van der Waals surface area contributed by atoms with Gasteiger partial charge in [0.1, 0.15) is 0 Å². The molecule has 1 nitrogen and oxygen atoms in total. The number of aliphatic hydroxyl groups excluding tert-OH is 1. The molecule has 0 spiro atoms. The second-order valence-corrected chi connectivity index (χ2v) is 9.93. The molecule has 0 fully saturated rings. The minimum absolute atomic E-state index is 0.0753. The predicted molar refractivity (Wildman–Crippen MR) is 67.3 cm³/mol. The highest BCUT2D eigenvalue weighted by molar-refractivity contribution is 8.32. The lowest BCUT2D eigenvalue weighted by atomic mass is 9.86. The molecule has 84 valence electrons. The molecule has 0 bridgehead atoms. The summed E-state index contributed by atoms with van der Waals surface area (Å²) in [6.07, 6.45) is 12.5. The van der Waals surface area contributed by atoms with Gasteiger partial charge in [0.05, 0.1) is 6.10 Å². The molecule has 1 rings (SSSR count). The van der Waals surface area contributed by atoms with Crippen molar-refractivity contribution in [3.05, 3.63) is 11.6 Å². The van der Waals surface area contributed by atoms with Gasteiger partial charge in [0.2, 0.25) is 0 Å². The van der Waals surface area contributed by atoms with Crippen molar-refractivity contribution in [3.8, 4) is 0 Å². The number of rotatable bonds is 3. The van der Waals surface area contributed by atoms with E-state index in [4.69, 9.17) is 0 Å². The molecule has 0 aliphatic heterocycles. The first kappa shape index (κ1) is 12.1. The van der Waals surface area contributed by atoms with E-state index in [9.17, 15) is 5.11 Å². The van der Waals surface area contributed by atoms with Gasteiger partial charge in [-0.15, -0.1) is 0 Å². The second kappa shape index (κ2) is 4.71. The first-order chi connectivity index (χ1) is 6.38. The maximum absolute atomic E-state index is 10.1. The lowest BCUT2D eigenvalue weighted by molar-refractivity contribution is 0.121. The largest absolute Gasteiger partial charge is 0.392 e. The zero-order chi connectivity index (χ0) is 10.8. The lowest BCUT2D eigenvalue weighted by Gasteiger charge is -2.33. The molecule has 1 N–H and O–H groups in total. The van der Waals surface area contributed by atoms with Crippen LogP contribution in [0.1, 0.15) is 26.2 Å². The van der Waals surface area contributed by atoms with E-state index >= 15 is 0 Å². The SMILES string of the molecule is CC1=CCCC(C(O)CS(C)(C)C)C1. The molecule has 0 amide bonds. The molecule has 0 heterocycles. The van der Waals surface area contributed by atoms with E-state index < -0.39 is 10.0 Å². The summed E-state index contributed by atoms with van der Waals surface area (Å²) >= 11 is 0. The summed E-state index contributed by atoms with van der Waals surface area (Å²) in [5.74, 6) is 1.53. The normalized spacial score (nSPS) is 26.9. The highest BCUT2D eigenvalue weighted by Crippen LogP contribution is 2.38. The molecule has 2 atom stereocenters. The summed E-state index contributed by atoms with van der Waals surface area (Å²) in [4.78, 5) is 0. The van der Waals surface area contributed by atoms with E-state index in [1.165, 1.54) is 12.0 Å². The van der Waals surface area contributed by atoms with Gasteiger partial charge < -0.3 is 5.11 Å². The van der Waals surface area contributed by atoms with Crippen LogP contribution in [0, 0.1) is 5.92 Å². The zero-order valence-corrected chi connectivity index (χ0v) is 10.7. The van der Waals surface area contributed by atoms with Crippen molar-refractivity contribution >= 4 is 10.0 Å². The molecule has 1 aliphatic rings. The van der Waals surface area contributed by atoms with Crippen LogP contribution in [0.25, 0.3) is 0 Å². The molecule has 0 saturated heterocycles. The molecule has 14 heavy (non-hydrogen) atoms. The molecule has 0 aromatic heterocycles. The summed E-state index contributed by atoms with van der Waals surface area (Å²) in [6, 6.07) is 0. The fourth-order valence-corrected chi connectivity index (χ4v) is 3.42. The zero-order valence-electron chi connectivity index (χ0n) is 9.92. The van der Waals surface area contributed by atoms with E-state index in [0.29, 0.717) is 5.92 Å². The van der Waals surface area contributed by atoms with Crippen LogP contribution in [0.3, 0.4) is 0 Å². The van der Waals surface area contributed by atoms with E-state index in [-0.39, 0.29) is 6.10 Å². The van der Waals surface area contributed by atoms with E-state index in [1.807, 2.05) is 0 Å². The van der Waals surface area contributed by atoms with Crippen molar-refractivity contribution in [1.29, 1.82) is 0 Å². The number of hydrogen-bond acceptors (Lipinski definition) is 1. The first-order valence-corrected chi connectivity index (χ1v) is 8.41. The summed E-state index contributed by atoms with van der Waals surface area (Å²) in [7, 11) is -0.560. The van der Waals surface area contributed by atoms with Crippen LogP contribution in [0.2, 0.25) is 0 Å². The predicted octanol–water partition coefficient (Wildman–Crippen LogP) is 2.79.